The average molecular weight is 266 g/mol. The monoisotopic (exact) mass is 266 g/mol. The van der Waals surface area contributed by atoms with Crippen LogP contribution in [0.2, 0.25) is 0 Å². The molecule has 2 rings (SSSR count). The summed E-state index contributed by atoms with van der Waals surface area (Å²) in [5.74, 6) is 1.59. The zero-order valence-electron chi connectivity index (χ0n) is 13.5. The first-order valence-corrected chi connectivity index (χ1v) is 8.51. The molecule has 0 aromatic heterocycles. The van der Waals surface area contributed by atoms with Gasteiger partial charge in [0.25, 0.3) is 0 Å². The maximum Gasteiger partial charge on any atom is 0.0309 e. The van der Waals surface area contributed by atoms with Gasteiger partial charge in [0.2, 0.25) is 0 Å². The predicted octanol–water partition coefficient (Wildman–Crippen LogP) is 3.67. The summed E-state index contributed by atoms with van der Waals surface area (Å²) < 4.78 is 0. The highest BCUT2D eigenvalue weighted by molar-refractivity contribution is 5.00. The van der Waals surface area contributed by atoms with Gasteiger partial charge in [-0.05, 0) is 37.6 Å². The molecule has 19 heavy (non-hydrogen) atoms. The summed E-state index contributed by atoms with van der Waals surface area (Å²) in [6, 6.07) is 0.742. The summed E-state index contributed by atoms with van der Waals surface area (Å²) in [5.41, 5.74) is 0.459. The Balaban J connectivity index is 1.99. The second-order valence-electron chi connectivity index (χ2n) is 7.69. The van der Waals surface area contributed by atoms with Gasteiger partial charge in [-0.2, -0.15) is 0 Å². The van der Waals surface area contributed by atoms with Crippen molar-refractivity contribution in [2.24, 2.45) is 11.8 Å². The lowest BCUT2D eigenvalue weighted by Crippen LogP contribution is -2.66. The molecule has 0 bridgehead atoms. The fourth-order valence-electron chi connectivity index (χ4n) is 3.90. The van der Waals surface area contributed by atoms with Gasteiger partial charge < -0.3 is 5.32 Å². The average Bonchev–Trinajstić information content (AvgIpc) is 2.37. The normalized spacial score (nSPS) is 28.4. The van der Waals surface area contributed by atoms with E-state index in [1.807, 2.05) is 0 Å². The van der Waals surface area contributed by atoms with Gasteiger partial charge in [-0.3, -0.25) is 4.90 Å². The maximum absolute atomic E-state index is 3.94. The third-order valence-electron chi connectivity index (χ3n) is 5.23. The van der Waals surface area contributed by atoms with Crippen molar-refractivity contribution in [3.63, 3.8) is 0 Å². The van der Waals surface area contributed by atoms with Crippen LogP contribution >= 0.6 is 0 Å². The van der Waals surface area contributed by atoms with Crippen LogP contribution in [-0.4, -0.2) is 36.1 Å². The van der Waals surface area contributed by atoms with E-state index in [9.17, 15) is 0 Å². The molecular formula is C17H34N2. The Kier molecular flexibility index (Phi) is 5.30. The fraction of sp³-hybridized carbons (Fsp3) is 1.00. The molecule has 2 heteroatoms. The molecule has 1 spiro atoms. The summed E-state index contributed by atoms with van der Waals surface area (Å²) >= 11 is 0. The lowest BCUT2D eigenvalue weighted by molar-refractivity contribution is 0.0337. The number of hydrogen-bond donors (Lipinski definition) is 1. The first kappa shape index (κ1) is 15.3. The molecule has 1 unspecified atom stereocenters. The zero-order chi connectivity index (χ0) is 13.9. The lowest BCUT2D eigenvalue weighted by Gasteiger charge is -2.51. The standard InChI is InChI=1S/C17H34N2/c1-14(2)8-11-19-13-17(9-6-5-7-10-17)18-12-16(19)15(3)4/h14-16,18H,5-13H2,1-4H3. The summed E-state index contributed by atoms with van der Waals surface area (Å²) in [7, 11) is 0. The van der Waals surface area contributed by atoms with E-state index < -0.39 is 0 Å². The minimum absolute atomic E-state index is 0.459. The van der Waals surface area contributed by atoms with Crippen LogP contribution in [0.15, 0.2) is 0 Å². The number of hydrogen-bond acceptors (Lipinski definition) is 2. The summed E-state index contributed by atoms with van der Waals surface area (Å²) in [6.07, 6.45) is 8.45. The quantitative estimate of drug-likeness (QED) is 0.835. The SMILES string of the molecule is CC(C)CCN1CC2(CCCCC2)NCC1C(C)C. The molecule has 2 fully saturated rings. The first-order chi connectivity index (χ1) is 9.02. The largest absolute Gasteiger partial charge is 0.308 e. The van der Waals surface area contributed by atoms with Gasteiger partial charge in [-0.25, -0.2) is 0 Å². The molecule has 0 aromatic carbocycles. The third-order valence-corrected chi connectivity index (χ3v) is 5.23. The van der Waals surface area contributed by atoms with Gasteiger partial charge >= 0.3 is 0 Å². The van der Waals surface area contributed by atoms with Crippen LogP contribution in [0.4, 0.5) is 0 Å². The minimum Gasteiger partial charge on any atom is -0.308 e. The Morgan fingerprint density at radius 1 is 1.11 bits per heavy atom. The zero-order valence-corrected chi connectivity index (χ0v) is 13.5. The molecule has 0 amide bonds. The molecule has 112 valence electrons. The molecule has 1 heterocycles. The Labute approximate surface area is 120 Å². The van der Waals surface area contributed by atoms with Gasteiger partial charge in [0, 0.05) is 24.7 Å². The van der Waals surface area contributed by atoms with E-state index in [2.05, 4.69) is 37.9 Å². The molecule has 2 aliphatic rings. The number of rotatable bonds is 4. The van der Waals surface area contributed by atoms with Crippen molar-refractivity contribution in [2.75, 3.05) is 19.6 Å². The smallest absolute Gasteiger partial charge is 0.0309 e. The number of nitrogens with one attached hydrogen (secondary N) is 1. The molecule has 0 radical (unpaired) electrons. The van der Waals surface area contributed by atoms with Crippen LogP contribution in [-0.2, 0) is 0 Å². The summed E-state index contributed by atoms with van der Waals surface area (Å²) in [4.78, 5) is 2.81. The molecular weight excluding hydrogens is 232 g/mol. The molecule has 1 atom stereocenters. The molecule has 1 saturated carbocycles. The Hall–Kier alpha value is -0.0800. The van der Waals surface area contributed by atoms with E-state index in [-0.39, 0.29) is 0 Å². The van der Waals surface area contributed by atoms with Gasteiger partial charge in [0.05, 0.1) is 0 Å². The molecule has 2 nitrogen and oxygen atoms in total. The van der Waals surface area contributed by atoms with Crippen LogP contribution in [0.25, 0.3) is 0 Å². The van der Waals surface area contributed by atoms with Crippen molar-refractivity contribution in [1.82, 2.24) is 10.2 Å². The Morgan fingerprint density at radius 3 is 2.37 bits per heavy atom. The van der Waals surface area contributed by atoms with Gasteiger partial charge in [-0.15, -0.1) is 0 Å². The second-order valence-corrected chi connectivity index (χ2v) is 7.69. The number of nitrogens with zero attached hydrogens (tertiary/aromatic N) is 1. The van der Waals surface area contributed by atoms with Gasteiger partial charge in [0.15, 0.2) is 0 Å². The van der Waals surface area contributed by atoms with Crippen LogP contribution in [0.5, 0.6) is 0 Å². The molecule has 1 aliphatic heterocycles. The third kappa shape index (κ3) is 3.95. The predicted molar refractivity (Wildman–Crippen MR) is 83.5 cm³/mol. The van der Waals surface area contributed by atoms with E-state index in [4.69, 9.17) is 0 Å². The van der Waals surface area contributed by atoms with E-state index in [0.29, 0.717) is 5.54 Å². The van der Waals surface area contributed by atoms with E-state index in [1.54, 1.807) is 0 Å². The summed E-state index contributed by atoms with van der Waals surface area (Å²) in [5, 5.41) is 3.94. The van der Waals surface area contributed by atoms with Crippen LogP contribution in [0.1, 0.15) is 66.2 Å². The molecule has 0 aromatic rings. The van der Waals surface area contributed by atoms with E-state index in [1.165, 1.54) is 58.2 Å². The van der Waals surface area contributed by atoms with E-state index >= 15 is 0 Å². The van der Waals surface area contributed by atoms with Crippen molar-refractivity contribution in [3.05, 3.63) is 0 Å². The van der Waals surface area contributed by atoms with Crippen molar-refractivity contribution in [1.29, 1.82) is 0 Å². The van der Waals surface area contributed by atoms with Gasteiger partial charge in [-0.1, -0.05) is 47.0 Å². The van der Waals surface area contributed by atoms with Crippen LogP contribution in [0, 0.1) is 11.8 Å². The Bertz CT molecular complexity index is 266. The highest BCUT2D eigenvalue weighted by Gasteiger charge is 2.40. The fourth-order valence-corrected chi connectivity index (χ4v) is 3.90. The highest BCUT2D eigenvalue weighted by atomic mass is 15.3. The van der Waals surface area contributed by atoms with Crippen molar-refractivity contribution < 1.29 is 0 Å². The molecule has 1 aliphatic carbocycles. The maximum atomic E-state index is 3.94. The second kappa shape index (κ2) is 6.58. The molecule has 1 N–H and O–H groups in total. The lowest BCUT2D eigenvalue weighted by atomic mass is 9.78. The van der Waals surface area contributed by atoms with Crippen molar-refractivity contribution in [2.45, 2.75) is 77.8 Å². The highest BCUT2D eigenvalue weighted by Crippen LogP contribution is 2.33. The summed E-state index contributed by atoms with van der Waals surface area (Å²) in [6.45, 7) is 13.3. The van der Waals surface area contributed by atoms with E-state index in [0.717, 1.165) is 17.9 Å². The molecule has 1 saturated heterocycles. The van der Waals surface area contributed by atoms with Crippen molar-refractivity contribution in [3.8, 4) is 0 Å². The first-order valence-electron chi connectivity index (χ1n) is 8.51. The van der Waals surface area contributed by atoms with Crippen molar-refractivity contribution >= 4 is 0 Å². The number of piperazine rings is 1. The van der Waals surface area contributed by atoms with Crippen LogP contribution in [0.3, 0.4) is 0 Å². The van der Waals surface area contributed by atoms with Crippen LogP contribution < -0.4 is 5.32 Å². The minimum atomic E-state index is 0.459. The van der Waals surface area contributed by atoms with Gasteiger partial charge in [0.1, 0.15) is 0 Å². The Morgan fingerprint density at radius 2 is 1.79 bits per heavy atom. The topological polar surface area (TPSA) is 15.3 Å².